The van der Waals surface area contributed by atoms with Gasteiger partial charge < -0.3 is 14.8 Å². The lowest BCUT2D eigenvalue weighted by atomic mass is 9.98. The second kappa shape index (κ2) is 13.4. The van der Waals surface area contributed by atoms with Crippen molar-refractivity contribution in [3.63, 3.8) is 0 Å². The molecule has 0 aliphatic heterocycles. The van der Waals surface area contributed by atoms with E-state index >= 15 is 0 Å². The van der Waals surface area contributed by atoms with Crippen LogP contribution in [0.15, 0.2) is 78.9 Å². The van der Waals surface area contributed by atoms with Crippen LogP contribution in [0.25, 0.3) is 11.1 Å². The summed E-state index contributed by atoms with van der Waals surface area (Å²) >= 11 is 0. The van der Waals surface area contributed by atoms with Crippen molar-refractivity contribution in [3.05, 3.63) is 95.6 Å². The molecule has 0 saturated carbocycles. The Morgan fingerprint density at radius 2 is 1.49 bits per heavy atom. The van der Waals surface area contributed by atoms with E-state index < -0.39 is 18.1 Å². The van der Waals surface area contributed by atoms with Crippen LogP contribution in [-0.2, 0) is 30.7 Å². The molecule has 7 nitrogen and oxygen atoms in total. The Labute approximate surface area is 216 Å². The predicted octanol–water partition coefficient (Wildman–Crippen LogP) is 5.72. The third kappa shape index (κ3) is 7.27. The van der Waals surface area contributed by atoms with Gasteiger partial charge in [0.1, 0.15) is 19.5 Å². The summed E-state index contributed by atoms with van der Waals surface area (Å²) in [6, 6.07) is 25.0. The largest absolute Gasteiger partial charge is 0.449 e. The zero-order chi connectivity index (χ0) is 25.9. The summed E-state index contributed by atoms with van der Waals surface area (Å²) in [6.45, 7) is 0.398. The number of rotatable bonds is 13. The normalized spacial score (nSPS) is 12.8. The first kappa shape index (κ1) is 26.1. The second-order valence-corrected chi connectivity index (χ2v) is 9.01. The molecule has 7 heteroatoms. The Morgan fingerprint density at radius 1 is 0.838 bits per heavy atom. The molecule has 192 valence electrons. The molecule has 1 amide bonds. The molecule has 0 radical (unpaired) electrons. The SMILES string of the molecule is O=C[C@H](CCCCCC(=O)OOCc1ccccc1)NC(=O)OCC1c2ccccc2-c2ccccc21. The van der Waals surface area contributed by atoms with E-state index in [0.29, 0.717) is 32.0 Å². The highest BCUT2D eigenvalue weighted by molar-refractivity contribution is 5.79. The van der Waals surface area contributed by atoms with Gasteiger partial charge in [0.25, 0.3) is 0 Å². The molecule has 1 aliphatic rings. The van der Waals surface area contributed by atoms with E-state index in [1.165, 1.54) is 0 Å². The summed E-state index contributed by atoms with van der Waals surface area (Å²) in [5.74, 6) is -0.469. The quantitative estimate of drug-likeness (QED) is 0.139. The van der Waals surface area contributed by atoms with Crippen molar-refractivity contribution in [2.75, 3.05) is 6.61 Å². The number of amides is 1. The smallest absolute Gasteiger partial charge is 0.407 e. The Balaban J connectivity index is 1.12. The summed E-state index contributed by atoms with van der Waals surface area (Å²) in [5.41, 5.74) is 5.49. The van der Waals surface area contributed by atoms with Gasteiger partial charge in [0, 0.05) is 12.3 Å². The summed E-state index contributed by atoms with van der Waals surface area (Å²) in [5, 5.41) is 2.64. The average molecular weight is 502 g/mol. The number of nitrogens with one attached hydrogen (secondary N) is 1. The molecule has 4 rings (SSSR count). The second-order valence-electron chi connectivity index (χ2n) is 9.01. The molecule has 1 aliphatic carbocycles. The molecular weight excluding hydrogens is 470 g/mol. The molecule has 0 bridgehead atoms. The van der Waals surface area contributed by atoms with Crippen molar-refractivity contribution in [1.29, 1.82) is 0 Å². The van der Waals surface area contributed by atoms with Gasteiger partial charge in [0.15, 0.2) is 0 Å². The number of carbonyl (C=O) groups excluding carboxylic acids is 3. The number of hydrogen-bond donors (Lipinski definition) is 1. The highest BCUT2D eigenvalue weighted by Crippen LogP contribution is 2.44. The summed E-state index contributed by atoms with van der Waals surface area (Å²) in [4.78, 5) is 45.4. The fourth-order valence-corrected chi connectivity index (χ4v) is 4.56. The average Bonchev–Trinajstić information content (AvgIpc) is 3.25. The standard InChI is InChI=1S/C30H31NO6/c32-19-23(13-5-2-6-18-29(33)37-36-20-22-11-3-1-4-12-22)31-30(34)35-21-28-26-16-9-7-14-24(26)25-15-8-10-17-27(25)28/h1,3-4,7-12,14-17,19,23,28H,2,5-6,13,18,20-21H2,(H,31,34)/t23-/m0/s1. The predicted molar refractivity (Wildman–Crippen MR) is 138 cm³/mol. The molecule has 0 heterocycles. The summed E-state index contributed by atoms with van der Waals surface area (Å²) in [7, 11) is 0. The first-order valence-corrected chi connectivity index (χ1v) is 12.6. The first-order valence-electron chi connectivity index (χ1n) is 12.6. The van der Waals surface area contributed by atoms with E-state index in [1.54, 1.807) is 0 Å². The van der Waals surface area contributed by atoms with E-state index in [2.05, 4.69) is 29.6 Å². The molecule has 0 unspecified atom stereocenters. The van der Waals surface area contributed by atoms with Gasteiger partial charge in [-0.15, -0.1) is 0 Å². The van der Waals surface area contributed by atoms with Crippen LogP contribution in [0.1, 0.15) is 54.7 Å². The number of alkyl carbamates (subject to hydrolysis) is 1. The Kier molecular flexibility index (Phi) is 9.43. The van der Waals surface area contributed by atoms with Gasteiger partial charge in [-0.05, 0) is 40.7 Å². The molecule has 3 aromatic rings. The zero-order valence-electron chi connectivity index (χ0n) is 20.6. The number of aldehydes is 1. The van der Waals surface area contributed by atoms with Crippen LogP contribution in [0.5, 0.6) is 0 Å². The van der Waals surface area contributed by atoms with Crippen LogP contribution >= 0.6 is 0 Å². The summed E-state index contributed by atoms with van der Waals surface area (Å²) < 4.78 is 5.52. The molecule has 1 N–H and O–H groups in total. The Morgan fingerprint density at radius 3 is 2.16 bits per heavy atom. The lowest BCUT2D eigenvalue weighted by Gasteiger charge is -2.16. The van der Waals surface area contributed by atoms with Gasteiger partial charge in [0.05, 0.1) is 6.04 Å². The van der Waals surface area contributed by atoms with Crippen molar-refractivity contribution in [2.45, 2.75) is 50.7 Å². The Hall–Kier alpha value is -3.97. The van der Waals surface area contributed by atoms with Gasteiger partial charge in [0.2, 0.25) is 0 Å². The maximum Gasteiger partial charge on any atom is 0.407 e. The highest BCUT2D eigenvalue weighted by Gasteiger charge is 2.29. The third-order valence-corrected chi connectivity index (χ3v) is 6.43. The maximum atomic E-state index is 12.4. The van der Waals surface area contributed by atoms with E-state index in [0.717, 1.165) is 27.8 Å². The molecule has 1 atom stereocenters. The third-order valence-electron chi connectivity index (χ3n) is 6.43. The number of benzene rings is 3. The fourth-order valence-electron chi connectivity index (χ4n) is 4.56. The topological polar surface area (TPSA) is 90.9 Å². The maximum absolute atomic E-state index is 12.4. The van der Waals surface area contributed by atoms with Gasteiger partial charge in [-0.3, -0.25) is 4.89 Å². The van der Waals surface area contributed by atoms with Crippen LogP contribution in [0.4, 0.5) is 4.79 Å². The molecular formula is C30H31NO6. The van der Waals surface area contributed by atoms with Crippen molar-refractivity contribution < 1.29 is 28.9 Å². The molecule has 0 fully saturated rings. The van der Waals surface area contributed by atoms with Crippen LogP contribution in [0.2, 0.25) is 0 Å². The number of hydrogen-bond acceptors (Lipinski definition) is 6. The van der Waals surface area contributed by atoms with E-state index in [-0.39, 0.29) is 25.6 Å². The van der Waals surface area contributed by atoms with Crippen LogP contribution in [-0.4, -0.2) is 31.0 Å². The minimum atomic E-state index is -0.642. The molecule has 0 saturated heterocycles. The highest BCUT2D eigenvalue weighted by atomic mass is 17.2. The van der Waals surface area contributed by atoms with Gasteiger partial charge in [-0.1, -0.05) is 91.7 Å². The van der Waals surface area contributed by atoms with E-state index in [9.17, 15) is 14.4 Å². The lowest BCUT2D eigenvalue weighted by Crippen LogP contribution is -2.37. The lowest BCUT2D eigenvalue weighted by molar-refractivity contribution is -0.280. The number of fused-ring (bicyclic) bond motifs is 3. The van der Waals surface area contributed by atoms with E-state index in [1.807, 2.05) is 54.6 Å². The molecule has 3 aromatic carbocycles. The number of carbonyl (C=O) groups is 3. The van der Waals surface area contributed by atoms with Crippen molar-refractivity contribution in [1.82, 2.24) is 5.32 Å². The van der Waals surface area contributed by atoms with Crippen molar-refractivity contribution >= 4 is 18.3 Å². The van der Waals surface area contributed by atoms with Gasteiger partial charge in [-0.2, -0.15) is 4.89 Å². The van der Waals surface area contributed by atoms with Crippen molar-refractivity contribution in [3.8, 4) is 11.1 Å². The van der Waals surface area contributed by atoms with Crippen LogP contribution in [0, 0.1) is 0 Å². The van der Waals surface area contributed by atoms with E-state index in [4.69, 9.17) is 14.5 Å². The van der Waals surface area contributed by atoms with Crippen LogP contribution < -0.4 is 5.32 Å². The number of unbranched alkanes of at least 4 members (excludes halogenated alkanes) is 2. The molecule has 0 spiro atoms. The van der Waals surface area contributed by atoms with Gasteiger partial charge in [-0.25, -0.2) is 9.59 Å². The fraction of sp³-hybridized carbons (Fsp3) is 0.300. The first-order chi connectivity index (χ1) is 18.2. The molecule has 37 heavy (non-hydrogen) atoms. The minimum absolute atomic E-state index is 0.0377. The van der Waals surface area contributed by atoms with Gasteiger partial charge >= 0.3 is 12.1 Å². The monoisotopic (exact) mass is 501 g/mol. The number of ether oxygens (including phenoxy) is 1. The van der Waals surface area contributed by atoms with Crippen LogP contribution in [0.3, 0.4) is 0 Å². The Bertz CT molecular complexity index is 1150. The van der Waals surface area contributed by atoms with Crippen molar-refractivity contribution in [2.24, 2.45) is 0 Å². The summed E-state index contributed by atoms with van der Waals surface area (Å²) in [6.07, 6.45) is 2.78. The minimum Gasteiger partial charge on any atom is -0.449 e. The molecule has 0 aromatic heterocycles. The zero-order valence-corrected chi connectivity index (χ0v) is 20.6.